The number of nitrogens with zero attached hydrogens (tertiary/aromatic N) is 1. The summed E-state index contributed by atoms with van der Waals surface area (Å²) in [6, 6.07) is 12.4. The molecule has 2 aliphatic heterocycles. The Labute approximate surface area is 293 Å². The minimum Gasteiger partial charge on any atom is -0.504 e. The van der Waals surface area contributed by atoms with Gasteiger partial charge in [0.1, 0.15) is 12.2 Å². The molecule has 10 heteroatoms. The van der Waals surface area contributed by atoms with Crippen LogP contribution in [0.15, 0.2) is 54.9 Å². The summed E-state index contributed by atoms with van der Waals surface area (Å²) in [5, 5.41) is 42.1. The van der Waals surface area contributed by atoms with Gasteiger partial charge in [-0.1, -0.05) is 30.4 Å². The molecular formula is C40H47NO9. The summed E-state index contributed by atoms with van der Waals surface area (Å²) in [6.45, 7) is 1.67. The van der Waals surface area contributed by atoms with Crippen LogP contribution in [0, 0.1) is 29.6 Å². The van der Waals surface area contributed by atoms with Gasteiger partial charge in [-0.3, -0.25) is 9.78 Å². The molecule has 266 valence electrons. The Hall–Kier alpha value is -4.46. The van der Waals surface area contributed by atoms with E-state index in [0.29, 0.717) is 49.8 Å². The van der Waals surface area contributed by atoms with Crippen molar-refractivity contribution >= 4 is 5.97 Å². The predicted molar refractivity (Wildman–Crippen MR) is 185 cm³/mol. The van der Waals surface area contributed by atoms with Gasteiger partial charge in [-0.15, -0.1) is 0 Å². The molecule has 1 aromatic heterocycles. The number of aliphatic hydroxyl groups excluding tert-OH is 1. The highest BCUT2D eigenvalue weighted by atomic mass is 16.6. The molecule has 6 rings (SSSR count). The summed E-state index contributed by atoms with van der Waals surface area (Å²) in [6.07, 6.45) is 8.77. The molecule has 3 aliphatic rings. The van der Waals surface area contributed by atoms with Crippen molar-refractivity contribution in [2.24, 2.45) is 17.8 Å². The Morgan fingerprint density at radius 2 is 1.88 bits per heavy atom. The third kappa shape index (κ3) is 8.82. The van der Waals surface area contributed by atoms with Crippen molar-refractivity contribution in [2.45, 2.75) is 95.5 Å². The lowest BCUT2D eigenvalue weighted by atomic mass is 9.76. The summed E-state index contributed by atoms with van der Waals surface area (Å²) in [4.78, 5) is 16.4. The van der Waals surface area contributed by atoms with E-state index in [4.69, 9.17) is 18.9 Å². The summed E-state index contributed by atoms with van der Waals surface area (Å²) >= 11 is 0. The zero-order valence-corrected chi connectivity index (χ0v) is 28.5. The maximum Gasteiger partial charge on any atom is 0.302 e. The van der Waals surface area contributed by atoms with Crippen LogP contribution < -0.4 is 9.47 Å². The molecule has 1 saturated carbocycles. The maximum atomic E-state index is 12.3. The van der Waals surface area contributed by atoms with Crippen LogP contribution in [-0.4, -0.2) is 62.9 Å². The van der Waals surface area contributed by atoms with Gasteiger partial charge in [-0.05, 0) is 85.5 Å². The number of aliphatic hydroxyl groups is 1. The highest BCUT2D eigenvalue weighted by Gasteiger charge is 2.40. The fourth-order valence-electron chi connectivity index (χ4n) is 7.54. The first-order valence-corrected chi connectivity index (χ1v) is 17.8. The van der Waals surface area contributed by atoms with Gasteiger partial charge in [0.25, 0.3) is 0 Å². The highest BCUT2D eigenvalue weighted by molar-refractivity contribution is 5.66. The number of hydrogen-bond donors (Lipinski definition) is 4. The van der Waals surface area contributed by atoms with Crippen molar-refractivity contribution in [1.82, 2.24) is 4.98 Å². The number of aromatic nitrogens is 1. The topological polar surface area (TPSA) is 148 Å². The standard InChI is InChI=1S/C40H47NO9/c1-25(43)48-31-22-36(30-20-34(45)40(46)39(21-30)47-17-14-26-6-4-15-41-24-26)50-37(23-31)32-18-27-10-13-33(44)38(19-27)49-35-9-3-2-7-29(35)12-11-28(32)8-5-16-42/h4,6,10,13,15,19-21,24,28-29,31-32,35-37,42,44-46H,2-3,5,7-9,14,16-18,22-23H2,1H3. The normalized spacial score (nSPS) is 26.2. The summed E-state index contributed by atoms with van der Waals surface area (Å²) < 4.78 is 25.1. The molecule has 0 radical (unpaired) electrons. The van der Waals surface area contributed by atoms with Crippen LogP contribution in [0.2, 0.25) is 0 Å². The minimum atomic E-state index is -0.601. The Balaban J connectivity index is 1.33. The average Bonchev–Trinajstić information content (AvgIpc) is 3.13. The van der Waals surface area contributed by atoms with E-state index in [2.05, 4.69) is 16.8 Å². The van der Waals surface area contributed by atoms with Crippen molar-refractivity contribution in [3.63, 3.8) is 0 Å². The van der Waals surface area contributed by atoms with E-state index in [1.54, 1.807) is 24.5 Å². The first-order chi connectivity index (χ1) is 24.3. The molecule has 3 heterocycles. The van der Waals surface area contributed by atoms with E-state index in [0.717, 1.165) is 36.8 Å². The second kappa shape index (κ2) is 16.5. The fourth-order valence-corrected chi connectivity index (χ4v) is 7.54. The number of ether oxygens (including phenoxy) is 4. The molecule has 10 nitrogen and oxygen atoms in total. The molecule has 1 aliphatic carbocycles. The molecule has 3 aromatic rings. The van der Waals surface area contributed by atoms with Gasteiger partial charge in [0.05, 0.1) is 24.7 Å². The number of fused-ring (bicyclic) bond motifs is 3. The van der Waals surface area contributed by atoms with Crippen LogP contribution in [0.4, 0.5) is 0 Å². The average molecular weight is 686 g/mol. The minimum absolute atomic E-state index is 0.00699. The fraction of sp³-hybridized carbons (Fsp3) is 0.500. The van der Waals surface area contributed by atoms with Crippen molar-refractivity contribution < 1.29 is 44.2 Å². The lowest BCUT2D eigenvalue weighted by Gasteiger charge is -2.41. The lowest BCUT2D eigenvalue weighted by molar-refractivity contribution is -0.166. The number of esters is 1. The first-order valence-electron chi connectivity index (χ1n) is 17.8. The smallest absolute Gasteiger partial charge is 0.302 e. The molecule has 0 amide bonds. The number of phenolic OH excluding ortho intramolecular Hbond substituents is 3. The number of carbonyl (C=O) groups is 1. The molecule has 1 saturated heterocycles. The third-order valence-corrected chi connectivity index (χ3v) is 10.1. The Morgan fingerprint density at radius 1 is 1.02 bits per heavy atom. The van der Waals surface area contributed by atoms with Crippen LogP contribution in [0.5, 0.6) is 28.7 Å². The van der Waals surface area contributed by atoms with E-state index in [1.807, 2.05) is 24.3 Å². The largest absolute Gasteiger partial charge is 0.504 e. The molecule has 2 fully saturated rings. The summed E-state index contributed by atoms with van der Waals surface area (Å²) in [5.74, 6) is 6.41. The molecule has 2 bridgehead atoms. The van der Waals surface area contributed by atoms with E-state index in [1.165, 1.54) is 13.0 Å². The van der Waals surface area contributed by atoms with Crippen molar-refractivity contribution in [3.8, 4) is 40.6 Å². The first kappa shape index (κ1) is 35.4. The Kier molecular flexibility index (Phi) is 11.7. The Morgan fingerprint density at radius 3 is 2.68 bits per heavy atom. The lowest BCUT2D eigenvalue weighted by Crippen LogP contribution is -2.41. The number of rotatable bonds is 10. The van der Waals surface area contributed by atoms with Crippen molar-refractivity contribution in [3.05, 3.63) is 71.5 Å². The molecule has 4 N–H and O–H groups in total. The van der Waals surface area contributed by atoms with Crippen LogP contribution in [0.25, 0.3) is 0 Å². The van der Waals surface area contributed by atoms with Gasteiger partial charge in [-0.2, -0.15) is 0 Å². The van der Waals surface area contributed by atoms with Gasteiger partial charge >= 0.3 is 5.97 Å². The van der Waals surface area contributed by atoms with E-state index in [-0.39, 0.29) is 60.1 Å². The van der Waals surface area contributed by atoms with Crippen molar-refractivity contribution in [1.29, 1.82) is 0 Å². The number of phenols is 3. The van der Waals surface area contributed by atoms with Gasteiger partial charge in [0.2, 0.25) is 5.75 Å². The summed E-state index contributed by atoms with van der Waals surface area (Å²) in [7, 11) is 0. The van der Waals surface area contributed by atoms with Crippen LogP contribution in [-0.2, 0) is 27.1 Å². The number of carbonyl (C=O) groups excluding carboxylic acids is 1. The van der Waals surface area contributed by atoms with Gasteiger partial charge in [0, 0.05) is 57.0 Å². The van der Waals surface area contributed by atoms with Crippen LogP contribution in [0.3, 0.4) is 0 Å². The van der Waals surface area contributed by atoms with E-state index < -0.39 is 24.3 Å². The monoisotopic (exact) mass is 685 g/mol. The summed E-state index contributed by atoms with van der Waals surface area (Å²) in [5.41, 5.74) is 2.51. The number of benzene rings is 2. The molecule has 7 atom stereocenters. The second-order valence-electron chi connectivity index (χ2n) is 13.7. The molecule has 2 aromatic carbocycles. The molecule has 50 heavy (non-hydrogen) atoms. The zero-order valence-electron chi connectivity index (χ0n) is 28.5. The van der Waals surface area contributed by atoms with E-state index >= 15 is 0 Å². The van der Waals surface area contributed by atoms with Gasteiger partial charge in [0.15, 0.2) is 23.0 Å². The zero-order chi connectivity index (χ0) is 35.0. The number of pyridine rings is 1. The van der Waals surface area contributed by atoms with Crippen LogP contribution >= 0.6 is 0 Å². The van der Waals surface area contributed by atoms with Crippen LogP contribution in [0.1, 0.15) is 81.1 Å². The SMILES string of the molecule is CC(=O)OC1CC(c2cc(O)c(O)c(OCCc3cccnc3)c2)OC(C2Cc3ccc(O)c(c3)OC3CCCCC3C#CC2CCCO)C1. The van der Waals surface area contributed by atoms with Gasteiger partial charge in [-0.25, -0.2) is 0 Å². The predicted octanol–water partition coefficient (Wildman–Crippen LogP) is 6.17. The van der Waals surface area contributed by atoms with E-state index in [9.17, 15) is 25.2 Å². The van der Waals surface area contributed by atoms with Gasteiger partial charge < -0.3 is 39.4 Å². The highest BCUT2D eigenvalue weighted by Crippen LogP contribution is 2.45. The Bertz CT molecular complexity index is 1670. The quantitative estimate of drug-likeness (QED) is 0.111. The van der Waals surface area contributed by atoms with Crippen molar-refractivity contribution in [2.75, 3.05) is 13.2 Å². The molecular weight excluding hydrogens is 638 g/mol. The molecule has 0 spiro atoms. The molecule has 7 unspecified atom stereocenters. The maximum absolute atomic E-state index is 12.3. The second-order valence-corrected chi connectivity index (χ2v) is 13.7. The third-order valence-electron chi connectivity index (χ3n) is 10.1. The number of aromatic hydroxyl groups is 3. The number of hydrogen-bond acceptors (Lipinski definition) is 10.